The monoisotopic (exact) mass is 556 g/mol. The molecule has 0 aromatic heterocycles. The molecule has 0 bridgehead atoms. The Morgan fingerprint density at radius 3 is 2.34 bits per heavy atom. The molecule has 1 aliphatic rings. The van der Waals surface area contributed by atoms with Gasteiger partial charge in [-0.3, -0.25) is 19.8 Å². The molecule has 0 unspecified atom stereocenters. The van der Waals surface area contributed by atoms with Crippen LogP contribution in [0.5, 0.6) is 0 Å². The summed E-state index contributed by atoms with van der Waals surface area (Å²) in [6.45, 7) is 5.29. The van der Waals surface area contributed by atoms with E-state index in [1.807, 2.05) is 86.6 Å². The highest BCUT2D eigenvalue weighted by Gasteiger charge is 2.25. The van der Waals surface area contributed by atoms with E-state index in [2.05, 4.69) is 10.7 Å². The number of rotatable bonds is 13. The van der Waals surface area contributed by atoms with E-state index in [1.54, 1.807) is 16.0 Å². The van der Waals surface area contributed by atoms with Gasteiger partial charge in [-0.05, 0) is 60.2 Å². The summed E-state index contributed by atoms with van der Waals surface area (Å²) < 4.78 is 0. The van der Waals surface area contributed by atoms with Gasteiger partial charge in [-0.1, -0.05) is 68.4 Å². The lowest BCUT2D eigenvalue weighted by Crippen LogP contribution is -2.53. The summed E-state index contributed by atoms with van der Waals surface area (Å²) >= 11 is 0. The average molecular weight is 557 g/mol. The molecule has 0 saturated carbocycles. The number of hydrogen-bond acceptors (Lipinski definition) is 5. The zero-order chi connectivity index (χ0) is 29.2. The average Bonchev–Trinajstić information content (AvgIpc) is 3.42. The number of nitrogens with zero attached hydrogens (tertiary/aromatic N) is 2. The van der Waals surface area contributed by atoms with E-state index in [0.717, 1.165) is 41.8 Å². The van der Waals surface area contributed by atoms with Gasteiger partial charge in [0, 0.05) is 37.3 Å². The van der Waals surface area contributed by atoms with Gasteiger partial charge in [-0.2, -0.15) is 0 Å². The number of aliphatic hydroxyl groups excluding tert-OH is 1. The van der Waals surface area contributed by atoms with Crippen molar-refractivity contribution in [1.29, 1.82) is 0 Å². The van der Waals surface area contributed by atoms with Crippen LogP contribution in [-0.2, 0) is 28.9 Å². The minimum Gasteiger partial charge on any atom is -0.390 e. The third-order valence-electron chi connectivity index (χ3n) is 7.44. The lowest BCUT2D eigenvalue weighted by molar-refractivity contribution is -0.122. The van der Waals surface area contributed by atoms with Crippen molar-refractivity contribution in [3.63, 3.8) is 0 Å². The lowest BCUT2D eigenvalue weighted by Gasteiger charge is -2.30. The molecule has 3 N–H and O–H groups in total. The van der Waals surface area contributed by atoms with Crippen LogP contribution in [0.3, 0.4) is 0 Å². The first kappa shape index (κ1) is 30.0. The molecule has 3 amide bonds. The van der Waals surface area contributed by atoms with Gasteiger partial charge in [0.05, 0.1) is 18.6 Å². The summed E-state index contributed by atoms with van der Waals surface area (Å²) in [5.74, 6) is -0.324. The topological polar surface area (TPSA) is 102 Å². The molecule has 4 rings (SSSR count). The van der Waals surface area contributed by atoms with Crippen LogP contribution in [0.1, 0.15) is 53.7 Å². The Balaban J connectivity index is 1.40. The van der Waals surface area contributed by atoms with Crippen LogP contribution in [-0.4, -0.2) is 59.6 Å². The van der Waals surface area contributed by atoms with Gasteiger partial charge < -0.3 is 15.3 Å². The van der Waals surface area contributed by atoms with Gasteiger partial charge in [0.15, 0.2) is 0 Å². The number of amides is 3. The quantitative estimate of drug-likeness (QED) is 0.279. The number of hydrogen-bond donors (Lipinski definition) is 3. The Kier molecular flexibility index (Phi) is 10.6. The van der Waals surface area contributed by atoms with Crippen LogP contribution in [0.25, 0.3) is 0 Å². The molecule has 1 heterocycles. The van der Waals surface area contributed by atoms with Crippen molar-refractivity contribution in [3.05, 3.63) is 101 Å². The number of anilines is 1. The van der Waals surface area contributed by atoms with Crippen molar-refractivity contribution in [1.82, 2.24) is 15.8 Å². The second kappa shape index (κ2) is 14.6. The lowest BCUT2D eigenvalue weighted by atomic mass is 10.00. The number of carbonyl (C=O) groups is 3. The summed E-state index contributed by atoms with van der Waals surface area (Å²) in [5, 5.41) is 16.0. The maximum atomic E-state index is 13.1. The number of nitrogens with one attached hydrogen (secondary N) is 2. The van der Waals surface area contributed by atoms with Crippen molar-refractivity contribution in [2.24, 2.45) is 0 Å². The number of aryl methyl sites for hydroxylation is 1. The Labute approximate surface area is 242 Å². The highest BCUT2D eigenvalue weighted by molar-refractivity contribution is 5.95. The first-order chi connectivity index (χ1) is 19.9. The summed E-state index contributed by atoms with van der Waals surface area (Å²) in [6.07, 6.45) is 1.91. The Hall–Kier alpha value is -4.01. The van der Waals surface area contributed by atoms with E-state index in [4.69, 9.17) is 0 Å². The minimum absolute atomic E-state index is 0.125. The molecule has 8 nitrogen and oxygen atoms in total. The molecule has 8 heteroatoms. The van der Waals surface area contributed by atoms with Crippen LogP contribution < -0.4 is 15.6 Å². The van der Waals surface area contributed by atoms with Gasteiger partial charge >= 0.3 is 0 Å². The molecule has 0 spiro atoms. The highest BCUT2D eigenvalue weighted by atomic mass is 16.3. The molecular weight excluding hydrogens is 516 g/mol. The molecule has 1 aliphatic heterocycles. The van der Waals surface area contributed by atoms with Crippen molar-refractivity contribution in [2.45, 2.75) is 58.1 Å². The first-order valence-electron chi connectivity index (χ1n) is 14.4. The zero-order valence-corrected chi connectivity index (χ0v) is 23.9. The third kappa shape index (κ3) is 8.49. The second-order valence-corrected chi connectivity index (χ2v) is 10.5. The van der Waals surface area contributed by atoms with E-state index in [1.165, 1.54) is 0 Å². The first-order valence-corrected chi connectivity index (χ1v) is 14.4. The van der Waals surface area contributed by atoms with Crippen LogP contribution in [0, 0.1) is 0 Å². The highest BCUT2D eigenvalue weighted by Crippen LogP contribution is 2.22. The maximum Gasteiger partial charge on any atom is 0.265 e. The van der Waals surface area contributed by atoms with E-state index in [0.29, 0.717) is 24.9 Å². The van der Waals surface area contributed by atoms with E-state index in [-0.39, 0.29) is 30.7 Å². The normalized spacial score (nSPS) is 14.6. The summed E-state index contributed by atoms with van der Waals surface area (Å²) in [4.78, 5) is 39.8. The fourth-order valence-corrected chi connectivity index (χ4v) is 5.06. The van der Waals surface area contributed by atoms with E-state index >= 15 is 0 Å². The molecule has 3 aromatic rings. The number of carbonyl (C=O) groups excluding carboxylic acids is 3. The summed E-state index contributed by atoms with van der Waals surface area (Å²) in [7, 11) is 0. The smallest absolute Gasteiger partial charge is 0.265 e. The fourth-order valence-electron chi connectivity index (χ4n) is 5.06. The molecule has 0 radical (unpaired) electrons. The second-order valence-electron chi connectivity index (χ2n) is 10.5. The van der Waals surface area contributed by atoms with Crippen molar-refractivity contribution >= 4 is 23.4 Å². The third-order valence-corrected chi connectivity index (χ3v) is 7.44. The largest absolute Gasteiger partial charge is 0.390 e. The van der Waals surface area contributed by atoms with Crippen molar-refractivity contribution < 1.29 is 19.5 Å². The number of hydrazine groups is 1. The van der Waals surface area contributed by atoms with Crippen LogP contribution >= 0.6 is 0 Å². The predicted octanol–water partition coefficient (Wildman–Crippen LogP) is 3.67. The molecule has 3 aromatic carbocycles. The summed E-state index contributed by atoms with van der Waals surface area (Å²) in [5.41, 5.74) is 7.19. The van der Waals surface area contributed by atoms with Gasteiger partial charge in [0.25, 0.3) is 5.91 Å². The molecule has 1 fully saturated rings. The van der Waals surface area contributed by atoms with E-state index < -0.39 is 12.1 Å². The molecule has 2 atom stereocenters. The van der Waals surface area contributed by atoms with Crippen LogP contribution in [0.2, 0.25) is 0 Å². The Bertz CT molecular complexity index is 1310. The van der Waals surface area contributed by atoms with Crippen LogP contribution in [0.4, 0.5) is 5.69 Å². The Morgan fingerprint density at radius 1 is 0.951 bits per heavy atom. The zero-order valence-electron chi connectivity index (χ0n) is 23.9. The molecule has 216 valence electrons. The van der Waals surface area contributed by atoms with Gasteiger partial charge in [0.1, 0.15) is 0 Å². The minimum atomic E-state index is -0.940. The Morgan fingerprint density at radius 2 is 1.68 bits per heavy atom. The number of aliphatic hydroxyl groups is 1. The van der Waals surface area contributed by atoms with Crippen molar-refractivity contribution in [2.75, 3.05) is 24.5 Å². The van der Waals surface area contributed by atoms with E-state index in [9.17, 15) is 19.5 Å². The maximum absolute atomic E-state index is 13.1. The SMILES string of the molecule is CCc1cccc(C(=O)NN(CC)C[C@@H](O)[C@H](Cc2ccccc2)NC(=O)Cc2ccc(N3CCCC3=O)cc2)c1. The molecule has 0 aliphatic carbocycles. The summed E-state index contributed by atoms with van der Waals surface area (Å²) in [6, 6.07) is 24.1. The standard InChI is InChI=1S/C33H40N4O4/c1-3-24-12-8-13-27(20-24)33(41)35-36(4-2)23-30(38)29(21-25-10-6-5-7-11-25)34-31(39)22-26-15-17-28(18-16-26)37-19-9-14-32(37)40/h5-8,10-13,15-18,20,29-30,38H,3-4,9,14,19,21-23H2,1-2H3,(H,34,39)(H,35,41)/t29-,30+/m0/s1. The van der Waals surface area contributed by atoms with Gasteiger partial charge in [0.2, 0.25) is 11.8 Å². The van der Waals surface area contributed by atoms with Gasteiger partial charge in [-0.25, -0.2) is 5.01 Å². The van der Waals surface area contributed by atoms with Crippen LogP contribution in [0.15, 0.2) is 78.9 Å². The fraction of sp³-hybridized carbons (Fsp3) is 0.364. The molecular formula is C33H40N4O4. The predicted molar refractivity (Wildman–Crippen MR) is 160 cm³/mol. The van der Waals surface area contributed by atoms with Crippen molar-refractivity contribution in [3.8, 4) is 0 Å². The number of benzene rings is 3. The molecule has 41 heavy (non-hydrogen) atoms. The number of likely N-dealkylation sites (N-methyl/N-ethyl adjacent to an activating group) is 1. The molecule has 1 saturated heterocycles. The van der Waals surface area contributed by atoms with Gasteiger partial charge in [-0.15, -0.1) is 0 Å².